The molecule has 2 rings (SSSR count). The molecular formula is C17H22ClIN4O2. The minimum atomic E-state index is -0.323. The summed E-state index contributed by atoms with van der Waals surface area (Å²) in [5.74, 6) is 0.988. The second kappa shape index (κ2) is 8.84. The summed E-state index contributed by atoms with van der Waals surface area (Å²) in [7, 11) is 0. The van der Waals surface area contributed by atoms with E-state index in [1.165, 1.54) is 0 Å². The van der Waals surface area contributed by atoms with Gasteiger partial charge in [-0.05, 0) is 33.3 Å². The van der Waals surface area contributed by atoms with Crippen molar-refractivity contribution in [2.24, 2.45) is 0 Å². The van der Waals surface area contributed by atoms with Crippen LogP contribution >= 0.6 is 34.2 Å². The molecule has 0 saturated heterocycles. The van der Waals surface area contributed by atoms with E-state index in [0.29, 0.717) is 24.8 Å². The highest BCUT2D eigenvalue weighted by Gasteiger charge is 2.18. The van der Waals surface area contributed by atoms with Gasteiger partial charge in [0, 0.05) is 22.3 Å². The SMILES string of the molecule is CC(C)(C)n1ncc(OCc2ccc(OCCCI)nc2)c(Cl)c1=N. The van der Waals surface area contributed by atoms with Gasteiger partial charge in [-0.3, -0.25) is 5.41 Å². The number of nitrogens with zero attached hydrogens (tertiary/aromatic N) is 3. The van der Waals surface area contributed by atoms with Crippen molar-refractivity contribution < 1.29 is 9.47 Å². The monoisotopic (exact) mass is 476 g/mol. The van der Waals surface area contributed by atoms with Crippen LogP contribution in [0.5, 0.6) is 11.6 Å². The van der Waals surface area contributed by atoms with E-state index >= 15 is 0 Å². The van der Waals surface area contributed by atoms with E-state index in [4.69, 9.17) is 26.5 Å². The smallest absolute Gasteiger partial charge is 0.213 e. The van der Waals surface area contributed by atoms with Gasteiger partial charge in [-0.15, -0.1) is 0 Å². The number of rotatable bonds is 7. The largest absolute Gasteiger partial charge is 0.485 e. The predicted molar refractivity (Wildman–Crippen MR) is 106 cm³/mol. The van der Waals surface area contributed by atoms with Crippen molar-refractivity contribution in [3.05, 3.63) is 40.6 Å². The van der Waals surface area contributed by atoms with Crippen LogP contribution in [-0.2, 0) is 12.1 Å². The van der Waals surface area contributed by atoms with Crippen molar-refractivity contribution in [2.75, 3.05) is 11.0 Å². The van der Waals surface area contributed by atoms with Gasteiger partial charge in [-0.2, -0.15) is 5.10 Å². The standard InChI is InChI=1S/C17H22ClIN4O2/c1-17(2,3)23-16(20)15(18)13(10-22-23)25-11-12-5-6-14(21-9-12)24-8-4-7-19/h5-6,9-10,20H,4,7-8,11H2,1-3H3. The van der Waals surface area contributed by atoms with Crippen molar-refractivity contribution in [3.8, 4) is 11.6 Å². The summed E-state index contributed by atoms with van der Waals surface area (Å²) in [5, 5.41) is 12.7. The minimum Gasteiger partial charge on any atom is -0.485 e. The molecule has 2 heterocycles. The molecule has 0 aliphatic heterocycles. The van der Waals surface area contributed by atoms with Gasteiger partial charge in [-0.1, -0.05) is 34.2 Å². The van der Waals surface area contributed by atoms with Crippen LogP contribution in [0.25, 0.3) is 0 Å². The van der Waals surface area contributed by atoms with Gasteiger partial charge in [0.1, 0.15) is 11.6 Å². The molecule has 0 atom stereocenters. The van der Waals surface area contributed by atoms with Crippen molar-refractivity contribution in [1.82, 2.24) is 14.8 Å². The van der Waals surface area contributed by atoms with E-state index in [2.05, 4.69) is 32.7 Å². The van der Waals surface area contributed by atoms with Gasteiger partial charge in [0.15, 0.2) is 11.2 Å². The first-order valence-corrected chi connectivity index (χ1v) is 9.82. The molecule has 136 valence electrons. The molecule has 2 aromatic rings. The van der Waals surface area contributed by atoms with Gasteiger partial charge < -0.3 is 9.47 Å². The Balaban J connectivity index is 2.02. The van der Waals surface area contributed by atoms with E-state index in [-0.39, 0.29) is 16.0 Å². The second-order valence-corrected chi connectivity index (χ2v) is 7.90. The maximum Gasteiger partial charge on any atom is 0.213 e. The second-order valence-electron chi connectivity index (χ2n) is 6.44. The van der Waals surface area contributed by atoms with Crippen LogP contribution in [0.3, 0.4) is 0 Å². The predicted octanol–water partition coefficient (Wildman–Crippen LogP) is 3.95. The van der Waals surface area contributed by atoms with Crippen LogP contribution in [0.2, 0.25) is 5.02 Å². The first-order valence-electron chi connectivity index (χ1n) is 7.92. The van der Waals surface area contributed by atoms with Crippen molar-refractivity contribution >= 4 is 34.2 Å². The van der Waals surface area contributed by atoms with Crippen LogP contribution < -0.4 is 15.0 Å². The molecular weight excluding hydrogens is 455 g/mol. The van der Waals surface area contributed by atoms with E-state index in [1.54, 1.807) is 17.1 Å². The number of alkyl halides is 1. The summed E-state index contributed by atoms with van der Waals surface area (Å²) in [6.07, 6.45) is 4.25. The molecule has 0 unspecified atom stereocenters. The van der Waals surface area contributed by atoms with Crippen molar-refractivity contribution in [1.29, 1.82) is 5.41 Å². The Kier molecular flexibility index (Phi) is 7.06. The topological polar surface area (TPSA) is 73.0 Å². The molecule has 0 amide bonds. The van der Waals surface area contributed by atoms with Crippen LogP contribution in [0.1, 0.15) is 32.8 Å². The van der Waals surface area contributed by atoms with Gasteiger partial charge >= 0.3 is 0 Å². The zero-order valence-corrected chi connectivity index (χ0v) is 17.5. The molecule has 0 fully saturated rings. The number of nitrogens with one attached hydrogen (secondary N) is 1. The summed E-state index contributed by atoms with van der Waals surface area (Å²) < 4.78 is 13.8. The Labute approximate surface area is 166 Å². The highest BCUT2D eigenvalue weighted by Crippen LogP contribution is 2.21. The molecule has 0 bridgehead atoms. The quantitative estimate of drug-likeness (QED) is 0.373. The summed E-state index contributed by atoms with van der Waals surface area (Å²) in [6, 6.07) is 3.72. The lowest BCUT2D eigenvalue weighted by Gasteiger charge is -2.22. The summed E-state index contributed by atoms with van der Waals surface area (Å²) in [4.78, 5) is 4.25. The van der Waals surface area contributed by atoms with E-state index in [0.717, 1.165) is 16.4 Å². The van der Waals surface area contributed by atoms with Crippen molar-refractivity contribution in [2.45, 2.75) is 39.3 Å². The fourth-order valence-electron chi connectivity index (χ4n) is 2.02. The molecule has 0 aromatic carbocycles. The number of hydrogen-bond acceptors (Lipinski definition) is 5. The lowest BCUT2D eigenvalue weighted by Crippen LogP contribution is -2.36. The average molecular weight is 477 g/mol. The van der Waals surface area contributed by atoms with Gasteiger partial charge in [0.2, 0.25) is 5.88 Å². The molecule has 1 N–H and O–H groups in total. The zero-order chi connectivity index (χ0) is 18.4. The summed E-state index contributed by atoms with van der Waals surface area (Å²) >= 11 is 8.57. The maximum absolute atomic E-state index is 8.14. The number of pyridine rings is 1. The molecule has 0 radical (unpaired) electrons. The van der Waals surface area contributed by atoms with E-state index < -0.39 is 0 Å². The van der Waals surface area contributed by atoms with Gasteiger partial charge in [-0.25, -0.2) is 9.67 Å². The number of aromatic nitrogens is 3. The minimum absolute atomic E-state index is 0.129. The molecule has 25 heavy (non-hydrogen) atoms. The van der Waals surface area contributed by atoms with E-state index in [9.17, 15) is 0 Å². The third-order valence-electron chi connectivity index (χ3n) is 3.28. The third-order valence-corrected chi connectivity index (χ3v) is 4.41. The maximum atomic E-state index is 8.14. The highest BCUT2D eigenvalue weighted by atomic mass is 127. The first-order chi connectivity index (χ1) is 11.8. The Bertz CT molecular complexity index is 757. The Morgan fingerprint density at radius 3 is 2.60 bits per heavy atom. The zero-order valence-electron chi connectivity index (χ0n) is 14.6. The van der Waals surface area contributed by atoms with E-state index in [1.807, 2.05) is 32.9 Å². The molecule has 8 heteroatoms. The fraction of sp³-hybridized carbons (Fsp3) is 0.471. The lowest BCUT2D eigenvalue weighted by atomic mass is 10.1. The number of hydrogen-bond donors (Lipinski definition) is 1. The fourth-order valence-corrected chi connectivity index (χ4v) is 2.51. The van der Waals surface area contributed by atoms with Crippen LogP contribution in [0, 0.1) is 5.41 Å². The molecule has 2 aromatic heterocycles. The first kappa shape index (κ1) is 20.0. The number of halogens is 2. The van der Waals surface area contributed by atoms with Gasteiger partial charge in [0.05, 0.1) is 18.3 Å². The molecule has 0 aliphatic rings. The van der Waals surface area contributed by atoms with Crippen LogP contribution in [0.15, 0.2) is 24.5 Å². The normalized spacial score (nSPS) is 11.4. The molecule has 0 spiro atoms. The van der Waals surface area contributed by atoms with Crippen LogP contribution in [-0.4, -0.2) is 25.8 Å². The highest BCUT2D eigenvalue weighted by molar-refractivity contribution is 14.1. The summed E-state index contributed by atoms with van der Waals surface area (Å²) in [6.45, 7) is 6.84. The van der Waals surface area contributed by atoms with Crippen molar-refractivity contribution in [3.63, 3.8) is 0 Å². The average Bonchev–Trinajstić information content (AvgIpc) is 2.56. The van der Waals surface area contributed by atoms with Gasteiger partial charge in [0.25, 0.3) is 0 Å². The Morgan fingerprint density at radius 1 is 1.24 bits per heavy atom. The lowest BCUT2D eigenvalue weighted by molar-refractivity contribution is 0.288. The Hall–Kier alpha value is -1.35. The molecule has 0 saturated carbocycles. The van der Waals surface area contributed by atoms with Crippen LogP contribution in [0.4, 0.5) is 0 Å². The third kappa shape index (κ3) is 5.57. The Morgan fingerprint density at radius 2 is 2.00 bits per heavy atom. The number of ether oxygens (including phenoxy) is 2. The molecule has 0 aliphatic carbocycles. The summed E-state index contributed by atoms with van der Waals surface area (Å²) in [5.41, 5.74) is 0.691. The molecule has 6 nitrogen and oxygen atoms in total.